The van der Waals surface area contributed by atoms with Crippen LogP contribution in [0.4, 0.5) is 0 Å². The lowest BCUT2D eigenvalue weighted by Crippen LogP contribution is -2.20. The van der Waals surface area contributed by atoms with Crippen LogP contribution in [0, 0.1) is 5.92 Å². The summed E-state index contributed by atoms with van der Waals surface area (Å²) in [5.41, 5.74) is 1.18. The van der Waals surface area contributed by atoms with Crippen molar-refractivity contribution < 1.29 is 5.11 Å². The maximum absolute atomic E-state index is 9.36. The highest BCUT2D eigenvalue weighted by atomic mass is 79.9. The predicted octanol–water partition coefficient (Wildman–Crippen LogP) is 2.61. The number of alkyl halides is 1. The second-order valence-electron chi connectivity index (χ2n) is 4.36. The van der Waals surface area contributed by atoms with Crippen LogP contribution >= 0.6 is 15.9 Å². The first-order chi connectivity index (χ1) is 7.15. The fraction of sp³-hybridized carbons (Fsp3) is 0.500. The molecule has 15 heavy (non-hydrogen) atoms. The normalized spacial score (nSPS) is 27.1. The first-order valence-corrected chi connectivity index (χ1v) is 6.21. The van der Waals surface area contributed by atoms with Gasteiger partial charge in [-0.1, -0.05) is 35.0 Å². The van der Waals surface area contributed by atoms with Gasteiger partial charge in [-0.15, -0.1) is 0 Å². The van der Waals surface area contributed by atoms with Crippen molar-refractivity contribution in [3.05, 3.63) is 29.8 Å². The second kappa shape index (κ2) is 4.54. The van der Waals surface area contributed by atoms with Gasteiger partial charge in [0.2, 0.25) is 0 Å². The zero-order valence-electron chi connectivity index (χ0n) is 8.86. The Morgan fingerprint density at radius 1 is 1.47 bits per heavy atom. The third kappa shape index (κ3) is 2.73. The van der Waals surface area contributed by atoms with E-state index in [9.17, 15) is 5.11 Å². The van der Waals surface area contributed by atoms with Gasteiger partial charge in [0.1, 0.15) is 5.75 Å². The smallest absolute Gasteiger partial charge is 0.115 e. The molecule has 1 N–H and O–H groups in total. The monoisotopic (exact) mass is 269 g/mol. The van der Waals surface area contributed by atoms with Gasteiger partial charge >= 0.3 is 0 Å². The number of nitrogens with zero attached hydrogens (tertiary/aromatic N) is 1. The van der Waals surface area contributed by atoms with E-state index in [-0.39, 0.29) is 0 Å². The van der Waals surface area contributed by atoms with Crippen molar-refractivity contribution in [2.45, 2.75) is 18.3 Å². The van der Waals surface area contributed by atoms with Gasteiger partial charge < -0.3 is 5.11 Å². The van der Waals surface area contributed by atoms with E-state index in [1.165, 1.54) is 5.56 Å². The Morgan fingerprint density at radius 2 is 2.27 bits per heavy atom. The Kier molecular flexibility index (Phi) is 3.32. The molecule has 2 atom stereocenters. The topological polar surface area (TPSA) is 23.5 Å². The number of phenols is 1. The van der Waals surface area contributed by atoms with Gasteiger partial charge in [0.05, 0.1) is 0 Å². The van der Waals surface area contributed by atoms with Crippen molar-refractivity contribution in [3.63, 3.8) is 0 Å². The Bertz CT molecular complexity index is 332. The number of halogens is 1. The minimum atomic E-state index is 0.357. The third-order valence-corrected chi connectivity index (χ3v) is 4.11. The predicted molar refractivity (Wildman–Crippen MR) is 65.3 cm³/mol. The second-order valence-corrected chi connectivity index (χ2v) is 5.53. The van der Waals surface area contributed by atoms with Crippen LogP contribution in [0.15, 0.2) is 24.3 Å². The number of phenolic OH excluding ortho intramolecular Hbond substituents is 1. The summed E-state index contributed by atoms with van der Waals surface area (Å²) in [6, 6.07) is 7.51. The van der Waals surface area contributed by atoms with E-state index in [0.717, 1.165) is 19.6 Å². The molecule has 1 aromatic rings. The summed E-state index contributed by atoms with van der Waals surface area (Å²) in [5, 5.41) is 9.36. The van der Waals surface area contributed by atoms with Gasteiger partial charge in [-0.3, -0.25) is 4.90 Å². The molecule has 1 saturated heterocycles. The number of hydrogen-bond donors (Lipinski definition) is 1. The van der Waals surface area contributed by atoms with E-state index >= 15 is 0 Å². The molecule has 0 bridgehead atoms. The third-order valence-electron chi connectivity index (χ3n) is 2.91. The van der Waals surface area contributed by atoms with E-state index in [4.69, 9.17) is 0 Å². The molecule has 1 heterocycles. The molecule has 0 saturated carbocycles. The van der Waals surface area contributed by atoms with Crippen LogP contribution in [0.3, 0.4) is 0 Å². The van der Waals surface area contributed by atoms with E-state index in [0.29, 0.717) is 16.5 Å². The molecule has 0 aromatic heterocycles. The lowest BCUT2D eigenvalue weighted by molar-refractivity contribution is 0.320. The molecular weight excluding hydrogens is 254 g/mol. The maximum atomic E-state index is 9.36. The van der Waals surface area contributed by atoms with Crippen LogP contribution in [-0.2, 0) is 6.54 Å². The summed E-state index contributed by atoms with van der Waals surface area (Å²) >= 11 is 3.68. The minimum absolute atomic E-state index is 0.357. The molecule has 0 amide bonds. The van der Waals surface area contributed by atoms with E-state index < -0.39 is 0 Å². The number of hydrogen-bond acceptors (Lipinski definition) is 2. The number of aromatic hydroxyl groups is 1. The van der Waals surface area contributed by atoms with Crippen molar-refractivity contribution in [1.29, 1.82) is 0 Å². The fourth-order valence-corrected chi connectivity index (χ4v) is 2.64. The Hall–Kier alpha value is -0.540. The molecule has 1 fully saturated rings. The number of benzene rings is 1. The van der Waals surface area contributed by atoms with Gasteiger partial charge in [-0.2, -0.15) is 0 Å². The molecule has 1 aliphatic rings. The van der Waals surface area contributed by atoms with Crippen LogP contribution in [0.1, 0.15) is 12.5 Å². The average Bonchev–Trinajstić information content (AvgIpc) is 2.45. The fourth-order valence-electron chi connectivity index (χ4n) is 2.06. The maximum Gasteiger partial charge on any atom is 0.115 e. The van der Waals surface area contributed by atoms with Crippen LogP contribution in [0.25, 0.3) is 0 Å². The SMILES string of the molecule is CC1CN(Cc2cccc(O)c2)CC1Br. The lowest BCUT2D eigenvalue weighted by atomic mass is 10.2. The standard InChI is InChI=1S/C12H16BrNO/c1-9-6-14(8-12(9)13)7-10-3-2-4-11(15)5-10/h2-5,9,12,15H,6-8H2,1H3. The highest BCUT2D eigenvalue weighted by molar-refractivity contribution is 9.09. The number of rotatable bonds is 2. The summed E-state index contributed by atoms with van der Waals surface area (Å²) in [7, 11) is 0. The molecule has 1 aliphatic heterocycles. The molecule has 0 radical (unpaired) electrons. The van der Waals surface area contributed by atoms with E-state index in [2.05, 4.69) is 33.8 Å². The summed E-state index contributed by atoms with van der Waals surface area (Å²) in [6.07, 6.45) is 0. The molecule has 0 spiro atoms. The van der Waals surface area contributed by atoms with Crippen LogP contribution in [-0.4, -0.2) is 27.9 Å². The molecular formula is C12H16BrNO. The summed E-state index contributed by atoms with van der Waals surface area (Å²) in [4.78, 5) is 3.02. The largest absolute Gasteiger partial charge is 0.508 e. The van der Waals surface area contributed by atoms with Gasteiger partial charge in [-0.25, -0.2) is 0 Å². The van der Waals surface area contributed by atoms with Crippen molar-refractivity contribution in [1.82, 2.24) is 4.90 Å². The lowest BCUT2D eigenvalue weighted by Gasteiger charge is -2.15. The van der Waals surface area contributed by atoms with Crippen LogP contribution < -0.4 is 0 Å². The van der Waals surface area contributed by atoms with E-state index in [1.54, 1.807) is 6.07 Å². The zero-order chi connectivity index (χ0) is 10.8. The Morgan fingerprint density at radius 3 is 2.87 bits per heavy atom. The van der Waals surface area contributed by atoms with Crippen LogP contribution in [0.2, 0.25) is 0 Å². The highest BCUT2D eigenvalue weighted by Crippen LogP contribution is 2.24. The Balaban J connectivity index is 1.98. The molecule has 2 nitrogen and oxygen atoms in total. The van der Waals surface area contributed by atoms with Gasteiger partial charge in [0.25, 0.3) is 0 Å². The summed E-state index contributed by atoms with van der Waals surface area (Å²) in [6.45, 7) is 5.42. The Labute approximate surface area is 99.0 Å². The van der Waals surface area contributed by atoms with Gasteiger partial charge in [-0.05, 0) is 23.6 Å². The molecule has 0 aliphatic carbocycles. The first-order valence-electron chi connectivity index (χ1n) is 5.29. The average molecular weight is 270 g/mol. The quantitative estimate of drug-likeness (QED) is 0.835. The zero-order valence-corrected chi connectivity index (χ0v) is 10.4. The molecule has 2 unspecified atom stereocenters. The van der Waals surface area contributed by atoms with Gasteiger partial charge in [0, 0.05) is 24.5 Å². The molecule has 1 aromatic carbocycles. The highest BCUT2D eigenvalue weighted by Gasteiger charge is 2.26. The molecule has 2 rings (SSSR count). The summed E-state index contributed by atoms with van der Waals surface area (Å²) < 4.78 is 0. The number of likely N-dealkylation sites (tertiary alicyclic amines) is 1. The van der Waals surface area contributed by atoms with Crippen molar-refractivity contribution >= 4 is 15.9 Å². The summed E-state index contributed by atoms with van der Waals surface area (Å²) in [5.74, 6) is 1.07. The minimum Gasteiger partial charge on any atom is -0.508 e. The van der Waals surface area contributed by atoms with Crippen molar-refractivity contribution in [2.75, 3.05) is 13.1 Å². The first kappa shape index (κ1) is 11.0. The molecule has 82 valence electrons. The van der Waals surface area contributed by atoms with Crippen molar-refractivity contribution in [3.8, 4) is 5.75 Å². The van der Waals surface area contributed by atoms with E-state index in [1.807, 2.05) is 12.1 Å². The van der Waals surface area contributed by atoms with Crippen molar-refractivity contribution in [2.24, 2.45) is 5.92 Å². The van der Waals surface area contributed by atoms with Crippen LogP contribution in [0.5, 0.6) is 5.75 Å². The van der Waals surface area contributed by atoms with Gasteiger partial charge in [0.15, 0.2) is 0 Å². The molecule has 3 heteroatoms.